The Bertz CT molecular complexity index is 701. The van der Waals surface area contributed by atoms with E-state index in [-0.39, 0.29) is 0 Å². The van der Waals surface area contributed by atoms with Crippen LogP contribution < -0.4 is 20.1 Å². The van der Waals surface area contributed by atoms with Crippen molar-refractivity contribution in [2.75, 3.05) is 19.5 Å². The number of benzene rings is 2. The minimum atomic E-state index is 0.590. The molecule has 0 unspecified atom stereocenters. The maximum atomic E-state index is 5.36. The van der Waals surface area contributed by atoms with Crippen LogP contribution >= 0.6 is 12.2 Å². The van der Waals surface area contributed by atoms with Crippen LogP contribution in [0.1, 0.15) is 16.7 Å². The molecule has 0 aliphatic rings. The van der Waals surface area contributed by atoms with Gasteiger partial charge < -0.3 is 20.1 Å². The fourth-order valence-electron chi connectivity index (χ4n) is 2.29. The van der Waals surface area contributed by atoms with Crippen LogP contribution in [0, 0.1) is 13.8 Å². The Labute approximate surface area is 142 Å². The number of thiocarbonyl (C=S) groups is 1. The van der Waals surface area contributed by atoms with Crippen molar-refractivity contribution in [2.24, 2.45) is 0 Å². The van der Waals surface area contributed by atoms with Crippen LogP contribution in [-0.2, 0) is 6.54 Å². The molecule has 0 heterocycles. The predicted octanol–water partition coefficient (Wildman–Crippen LogP) is 3.81. The highest BCUT2D eigenvalue weighted by Crippen LogP contribution is 2.27. The molecule has 0 atom stereocenters. The van der Waals surface area contributed by atoms with Crippen LogP contribution in [0.5, 0.6) is 11.5 Å². The van der Waals surface area contributed by atoms with Crippen LogP contribution in [0.2, 0.25) is 0 Å². The van der Waals surface area contributed by atoms with Crippen molar-refractivity contribution in [2.45, 2.75) is 20.4 Å². The van der Waals surface area contributed by atoms with E-state index in [9.17, 15) is 0 Å². The zero-order chi connectivity index (χ0) is 16.8. The molecule has 2 aromatic rings. The molecule has 122 valence electrons. The summed E-state index contributed by atoms with van der Waals surface area (Å²) in [4.78, 5) is 0. The quantitative estimate of drug-likeness (QED) is 0.816. The highest BCUT2D eigenvalue weighted by molar-refractivity contribution is 7.80. The van der Waals surface area contributed by atoms with Crippen molar-refractivity contribution in [1.82, 2.24) is 5.32 Å². The lowest BCUT2D eigenvalue weighted by atomic mass is 10.1. The first-order chi connectivity index (χ1) is 11.0. The molecular weight excluding hydrogens is 308 g/mol. The predicted molar refractivity (Wildman–Crippen MR) is 98.5 cm³/mol. The number of aryl methyl sites for hydroxylation is 2. The number of nitrogens with one attached hydrogen (secondary N) is 2. The molecular formula is C18H22N2O2S. The summed E-state index contributed by atoms with van der Waals surface area (Å²) >= 11 is 5.36. The molecule has 2 N–H and O–H groups in total. The zero-order valence-electron chi connectivity index (χ0n) is 13.9. The number of ether oxygens (including phenoxy) is 2. The highest BCUT2D eigenvalue weighted by atomic mass is 32.1. The maximum absolute atomic E-state index is 5.36. The Morgan fingerprint density at radius 1 is 1.00 bits per heavy atom. The Kier molecular flexibility index (Phi) is 5.82. The Morgan fingerprint density at radius 2 is 1.74 bits per heavy atom. The smallest absolute Gasteiger partial charge is 0.171 e. The van der Waals surface area contributed by atoms with E-state index in [1.807, 2.05) is 24.3 Å². The molecule has 0 fully saturated rings. The van der Waals surface area contributed by atoms with E-state index in [0.717, 1.165) is 11.3 Å². The molecule has 2 aromatic carbocycles. The van der Waals surface area contributed by atoms with E-state index < -0.39 is 0 Å². The molecule has 0 aliphatic carbocycles. The summed E-state index contributed by atoms with van der Waals surface area (Å²) in [7, 11) is 3.25. The van der Waals surface area contributed by atoms with Gasteiger partial charge in [-0.3, -0.25) is 0 Å². The second-order valence-corrected chi connectivity index (χ2v) is 5.72. The number of hydrogen-bond donors (Lipinski definition) is 2. The molecule has 0 aliphatic heterocycles. The highest BCUT2D eigenvalue weighted by Gasteiger charge is 2.06. The molecule has 0 aromatic heterocycles. The summed E-state index contributed by atoms with van der Waals surface area (Å²) < 4.78 is 10.5. The normalized spacial score (nSPS) is 10.1. The van der Waals surface area contributed by atoms with Crippen molar-refractivity contribution in [3.05, 3.63) is 53.1 Å². The molecule has 0 amide bonds. The van der Waals surface area contributed by atoms with E-state index in [0.29, 0.717) is 23.2 Å². The topological polar surface area (TPSA) is 42.5 Å². The lowest BCUT2D eigenvalue weighted by Crippen LogP contribution is -2.28. The van der Waals surface area contributed by atoms with E-state index >= 15 is 0 Å². The summed E-state index contributed by atoms with van der Waals surface area (Å²) in [5.41, 5.74) is 4.48. The van der Waals surface area contributed by atoms with E-state index in [2.05, 4.69) is 36.6 Å². The SMILES string of the molecule is COc1ccc(CNC(=S)Nc2ccc(C)cc2C)cc1OC. The fraction of sp³-hybridized carbons (Fsp3) is 0.278. The van der Waals surface area contributed by atoms with Crippen molar-refractivity contribution in [3.63, 3.8) is 0 Å². The third-order valence-electron chi connectivity index (χ3n) is 3.53. The number of hydrogen-bond acceptors (Lipinski definition) is 3. The van der Waals surface area contributed by atoms with Crippen LogP contribution in [0.15, 0.2) is 36.4 Å². The van der Waals surface area contributed by atoms with Crippen molar-refractivity contribution in [3.8, 4) is 11.5 Å². The van der Waals surface area contributed by atoms with E-state index in [1.54, 1.807) is 14.2 Å². The van der Waals surface area contributed by atoms with Crippen LogP contribution in [0.25, 0.3) is 0 Å². The maximum Gasteiger partial charge on any atom is 0.171 e. The van der Waals surface area contributed by atoms with Gasteiger partial charge in [0.15, 0.2) is 16.6 Å². The molecule has 0 saturated carbocycles. The van der Waals surface area contributed by atoms with Crippen molar-refractivity contribution >= 4 is 23.0 Å². The van der Waals surface area contributed by atoms with E-state index in [4.69, 9.17) is 21.7 Å². The average molecular weight is 330 g/mol. The lowest BCUT2D eigenvalue weighted by molar-refractivity contribution is 0.354. The molecule has 4 nitrogen and oxygen atoms in total. The first-order valence-electron chi connectivity index (χ1n) is 7.36. The van der Waals surface area contributed by atoms with Crippen molar-refractivity contribution < 1.29 is 9.47 Å². The van der Waals surface area contributed by atoms with Gasteiger partial charge in [-0.15, -0.1) is 0 Å². The molecule has 0 spiro atoms. The van der Waals surface area contributed by atoms with Gasteiger partial charge >= 0.3 is 0 Å². The van der Waals surface area contributed by atoms with Gasteiger partial charge in [0.25, 0.3) is 0 Å². The average Bonchev–Trinajstić information content (AvgIpc) is 2.55. The minimum absolute atomic E-state index is 0.590. The minimum Gasteiger partial charge on any atom is -0.493 e. The number of methoxy groups -OCH3 is 2. The first-order valence-corrected chi connectivity index (χ1v) is 7.77. The third-order valence-corrected chi connectivity index (χ3v) is 3.78. The Balaban J connectivity index is 1.96. The monoisotopic (exact) mass is 330 g/mol. The van der Waals surface area contributed by atoms with Gasteiger partial charge in [-0.2, -0.15) is 0 Å². The van der Waals surface area contributed by atoms with Crippen LogP contribution in [-0.4, -0.2) is 19.3 Å². The summed E-state index contributed by atoms with van der Waals surface area (Å²) in [6.07, 6.45) is 0. The molecule has 0 radical (unpaired) electrons. The summed E-state index contributed by atoms with van der Waals surface area (Å²) in [6, 6.07) is 12.0. The second-order valence-electron chi connectivity index (χ2n) is 5.32. The fourth-order valence-corrected chi connectivity index (χ4v) is 2.48. The Hall–Kier alpha value is -2.27. The van der Waals surface area contributed by atoms with Gasteiger partial charge in [0.1, 0.15) is 0 Å². The molecule has 2 rings (SSSR count). The zero-order valence-corrected chi connectivity index (χ0v) is 14.7. The summed E-state index contributed by atoms with van der Waals surface area (Å²) in [5.74, 6) is 1.42. The van der Waals surface area contributed by atoms with Gasteiger partial charge in [0.2, 0.25) is 0 Å². The lowest BCUT2D eigenvalue weighted by Gasteiger charge is -2.14. The molecule has 0 saturated heterocycles. The standard InChI is InChI=1S/C18H22N2O2S/c1-12-5-7-15(13(2)9-12)20-18(23)19-11-14-6-8-16(21-3)17(10-14)22-4/h5-10H,11H2,1-4H3,(H2,19,20,23). The van der Waals surface area contributed by atoms with Crippen LogP contribution in [0.3, 0.4) is 0 Å². The van der Waals surface area contributed by atoms with Gasteiger partial charge in [-0.1, -0.05) is 23.8 Å². The largest absolute Gasteiger partial charge is 0.493 e. The first kappa shape index (κ1) is 17.1. The van der Waals surface area contributed by atoms with E-state index in [1.165, 1.54) is 11.1 Å². The molecule has 5 heteroatoms. The second kappa shape index (κ2) is 7.83. The number of anilines is 1. The Morgan fingerprint density at radius 3 is 2.39 bits per heavy atom. The summed E-state index contributed by atoms with van der Waals surface area (Å²) in [5, 5.41) is 7.01. The van der Waals surface area contributed by atoms with Crippen LogP contribution in [0.4, 0.5) is 5.69 Å². The molecule has 0 bridgehead atoms. The third kappa shape index (κ3) is 4.60. The van der Waals surface area contributed by atoms with Crippen molar-refractivity contribution in [1.29, 1.82) is 0 Å². The molecule has 23 heavy (non-hydrogen) atoms. The van der Waals surface area contributed by atoms with Gasteiger partial charge in [-0.05, 0) is 55.4 Å². The van der Waals surface area contributed by atoms with Gasteiger partial charge in [0, 0.05) is 12.2 Å². The van der Waals surface area contributed by atoms with Gasteiger partial charge in [0.05, 0.1) is 14.2 Å². The number of rotatable bonds is 5. The summed E-state index contributed by atoms with van der Waals surface area (Å²) in [6.45, 7) is 4.74. The van der Waals surface area contributed by atoms with Gasteiger partial charge in [-0.25, -0.2) is 0 Å².